The normalized spacial score (nSPS) is 15.1. The fourth-order valence-corrected chi connectivity index (χ4v) is 6.24. The minimum absolute atomic E-state index is 0.0764. The number of hydrogen-bond acceptors (Lipinski definition) is 5. The molecule has 0 bridgehead atoms. The van der Waals surface area contributed by atoms with Crippen molar-refractivity contribution in [3.63, 3.8) is 0 Å². The number of hydrogen-bond donors (Lipinski definition) is 2. The van der Waals surface area contributed by atoms with Crippen LogP contribution in [0.2, 0.25) is 0 Å². The fourth-order valence-electron chi connectivity index (χ4n) is 5.11. The molecule has 0 radical (unpaired) electrons. The van der Waals surface area contributed by atoms with Gasteiger partial charge in [0, 0.05) is 17.7 Å². The number of aromatic nitrogens is 1. The number of ether oxygens (including phenoxy) is 1. The van der Waals surface area contributed by atoms with Gasteiger partial charge in [-0.25, -0.2) is 0 Å². The average molecular weight is 533 g/mol. The topological polar surface area (TPSA) is 97.1 Å². The van der Waals surface area contributed by atoms with Crippen LogP contribution in [0, 0.1) is 5.92 Å². The summed E-state index contributed by atoms with van der Waals surface area (Å²) < 4.78 is 8.75. The monoisotopic (exact) mass is 532 g/mol. The Hall–Kier alpha value is -3.65. The van der Waals surface area contributed by atoms with E-state index in [1.54, 1.807) is 10.5 Å². The SMILES string of the molecule is CC(C)C(CC(=O)O)NC(=O)c1cc(-c2ccccc2)c(=O)n2c1sc1ccc(OC3CCCCC3)cc12. The molecule has 1 saturated carbocycles. The molecule has 2 heterocycles. The summed E-state index contributed by atoms with van der Waals surface area (Å²) in [5.41, 5.74) is 1.94. The number of aliphatic carboxylic acids is 1. The molecule has 1 aliphatic rings. The number of nitrogens with one attached hydrogen (secondary N) is 1. The van der Waals surface area contributed by atoms with Crippen molar-refractivity contribution in [2.45, 2.75) is 64.5 Å². The number of amides is 1. The van der Waals surface area contributed by atoms with Crippen LogP contribution < -0.4 is 15.6 Å². The Bertz CT molecular complexity index is 1530. The predicted molar refractivity (Wildman–Crippen MR) is 150 cm³/mol. The van der Waals surface area contributed by atoms with Gasteiger partial charge in [-0.15, -0.1) is 11.3 Å². The van der Waals surface area contributed by atoms with Crippen molar-refractivity contribution in [3.8, 4) is 16.9 Å². The van der Waals surface area contributed by atoms with Gasteiger partial charge in [-0.2, -0.15) is 0 Å². The van der Waals surface area contributed by atoms with Crippen LogP contribution >= 0.6 is 11.3 Å². The Morgan fingerprint density at radius 3 is 2.50 bits per heavy atom. The van der Waals surface area contributed by atoms with Gasteiger partial charge in [-0.05, 0) is 55.4 Å². The molecule has 1 atom stereocenters. The zero-order chi connectivity index (χ0) is 26.8. The van der Waals surface area contributed by atoms with E-state index in [4.69, 9.17) is 4.74 Å². The summed E-state index contributed by atoms with van der Waals surface area (Å²) in [7, 11) is 0. The largest absolute Gasteiger partial charge is 0.490 e. The Morgan fingerprint density at radius 1 is 1.08 bits per heavy atom. The second-order valence-electron chi connectivity index (χ2n) is 10.3. The highest BCUT2D eigenvalue weighted by atomic mass is 32.1. The molecular weight excluding hydrogens is 500 g/mol. The molecule has 7 nitrogen and oxygen atoms in total. The third-order valence-electron chi connectivity index (χ3n) is 7.23. The standard InChI is InChI=1S/C30H32N2O5S/c1-18(2)24(17-27(33)34)31-28(35)23-16-22(19-9-5-3-6-10-19)29(36)32-25-15-21(13-14-26(25)38-30(23)32)37-20-11-7-4-8-12-20/h3,5-6,9-10,13-16,18,20,24H,4,7-8,11-12,17H2,1-2H3,(H,31,35)(H,33,34). The third kappa shape index (κ3) is 5.31. The van der Waals surface area contributed by atoms with Gasteiger partial charge in [0.15, 0.2) is 0 Å². The summed E-state index contributed by atoms with van der Waals surface area (Å²) in [5.74, 6) is -0.735. The lowest BCUT2D eigenvalue weighted by molar-refractivity contribution is -0.137. The fraction of sp³-hybridized carbons (Fsp3) is 0.367. The minimum atomic E-state index is -0.976. The van der Waals surface area contributed by atoms with Crippen molar-refractivity contribution in [3.05, 3.63) is 70.5 Å². The lowest BCUT2D eigenvalue weighted by Crippen LogP contribution is -2.40. The molecule has 0 aliphatic heterocycles. The number of fused-ring (bicyclic) bond motifs is 3. The van der Waals surface area contributed by atoms with Crippen molar-refractivity contribution in [2.24, 2.45) is 5.92 Å². The summed E-state index contributed by atoms with van der Waals surface area (Å²) >= 11 is 1.37. The molecule has 2 N–H and O–H groups in total. The van der Waals surface area contributed by atoms with Gasteiger partial charge in [0.1, 0.15) is 10.6 Å². The smallest absolute Gasteiger partial charge is 0.305 e. The van der Waals surface area contributed by atoms with E-state index in [1.165, 1.54) is 17.8 Å². The van der Waals surface area contributed by atoms with E-state index in [9.17, 15) is 19.5 Å². The molecule has 2 aromatic carbocycles. The Kier molecular flexibility index (Phi) is 7.51. The van der Waals surface area contributed by atoms with E-state index in [1.807, 2.05) is 62.4 Å². The molecule has 198 valence electrons. The first-order valence-corrected chi connectivity index (χ1v) is 14.0. The number of nitrogens with zero attached hydrogens (tertiary/aromatic N) is 1. The summed E-state index contributed by atoms with van der Waals surface area (Å²) in [6, 6.07) is 16.1. The van der Waals surface area contributed by atoms with Crippen LogP contribution in [0.15, 0.2) is 59.4 Å². The van der Waals surface area contributed by atoms with Gasteiger partial charge in [-0.1, -0.05) is 50.6 Å². The minimum Gasteiger partial charge on any atom is -0.490 e. The van der Waals surface area contributed by atoms with Gasteiger partial charge in [0.2, 0.25) is 0 Å². The molecule has 5 rings (SSSR count). The number of benzene rings is 2. The van der Waals surface area contributed by atoms with E-state index in [2.05, 4.69) is 5.32 Å². The average Bonchev–Trinajstić information content (AvgIpc) is 3.28. The number of carboxylic acids is 1. The van der Waals surface area contributed by atoms with E-state index in [-0.39, 0.29) is 24.0 Å². The van der Waals surface area contributed by atoms with Crippen molar-refractivity contribution >= 4 is 38.3 Å². The number of pyridine rings is 1. The lowest BCUT2D eigenvalue weighted by Gasteiger charge is -2.23. The highest BCUT2D eigenvalue weighted by molar-refractivity contribution is 7.24. The van der Waals surface area contributed by atoms with Crippen LogP contribution in [0.5, 0.6) is 5.75 Å². The first-order valence-electron chi connectivity index (χ1n) is 13.2. The van der Waals surface area contributed by atoms with Crippen molar-refractivity contribution in [1.29, 1.82) is 0 Å². The van der Waals surface area contributed by atoms with Crippen LogP contribution in [0.25, 0.3) is 26.2 Å². The maximum Gasteiger partial charge on any atom is 0.305 e. The Labute approximate surface area is 225 Å². The lowest BCUT2D eigenvalue weighted by atomic mass is 9.98. The van der Waals surface area contributed by atoms with Crippen LogP contribution in [0.1, 0.15) is 62.7 Å². The number of carbonyl (C=O) groups is 2. The molecule has 0 spiro atoms. The van der Waals surface area contributed by atoms with Crippen molar-refractivity contribution < 1.29 is 19.4 Å². The van der Waals surface area contributed by atoms with Crippen molar-refractivity contribution in [1.82, 2.24) is 9.72 Å². The van der Waals surface area contributed by atoms with Gasteiger partial charge < -0.3 is 15.2 Å². The first kappa shape index (κ1) is 26.0. The molecule has 1 fully saturated rings. The van der Waals surface area contributed by atoms with Crippen LogP contribution in [-0.4, -0.2) is 33.5 Å². The zero-order valence-corrected chi connectivity index (χ0v) is 22.4. The molecule has 1 amide bonds. The molecule has 2 aromatic heterocycles. The maximum absolute atomic E-state index is 13.9. The summed E-state index contributed by atoms with van der Waals surface area (Å²) in [4.78, 5) is 39.4. The van der Waals surface area contributed by atoms with Crippen LogP contribution in [0.3, 0.4) is 0 Å². The summed E-state index contributed by atoms with van der Waals surface area (Å²) in [5, 5.41) is 12.3. The second kappa shape index (κ2) is 11.0. The maximum atomic E-state index is 13.9. The van der Waals surface area contributed by atoms with E-state index in [0.717, 1.165) is 30.4 Å². The van der Waals surface area contributed by atoms with Gasteiger partial charge in [0.05, 0.1) is 28.3 Å². The van der Waals surface area contributed by atoms with E-state index >= 15 is 0 Å². The Balaban J connectivity index is 1.65. The molecular formula is C30H32N2O5S. The van der Waals surface area contributed by atoms with Crippen molar-refractivity contribution in [2.75, 3.05) is 0 Å². The van der Waals surface area contributed by atoms with Gasteiger partial charge in [-0.3, -0.25) is 18.8 Å². The highest BCUT2D eigenvalue weighted by Crippen LogP contribution is 2.33. The van der Waals surface area contributed by atoms with Crippen LogP contribution in [0.4, 0.5) is 0 Å². The number of carbonyl (C=O) groups excluding carboxylic acids is 1. The molecule has 38 heavy (non-hydrogen) atoms. The molecule has 0 saturated heterocycles. The number of rotatable bonds is 8. The third-order valence-corrected chi connectivity index (χ3v) is 8.39. The first-order chi connectivity index (χ1) is 18.3. The number of carboxylic acid groups (broad SMARTS) is 1. The van der Waals surface area contributed by atoms with E-state index in [0.29, 0.717) is 32.8 Å². The zero-order valence-electron chi connectivity index (χ0n) is 21.6. The van der Waals surface area contributed by atoms with Gasteiger partial charge >= 0.3 is 5.97 Å². The second-order valence-corrected chi connectivity index (χ2v) is 11.3. The molecule has 4 aromatic rings. The van der Waals surface area contributed by atoms with Crippen LogP contribution in [-0.2, 0) is 4.79 Å². The molecule has 1 aliphatic carbocycles. The highest BCUT2D eigenvalue weighted by Gasteiger charge is 2.25. The molecule has 1 unspecified atom stereocenters. The summed E-state index contributed by atoms with van der Waals surface area (Å²) in [6.45, 7) is 3.75. The Morgan fingerprint density at radius 2 is 1.82 bits per heavy atom. The quantitative estimate of drug-likeness (QED) is 0.285. The summed E-state index contributed by atoms with van der Waals surface area (Å²) in [6.07, 6.45) is 5.60. The van der Waals surface area contributed by atoms with E-state index < -0.39 is 17.9 Å². The number of thiazole rings is 1. The molecule has 8 heteroatoms. The predicted octanol–water partition coefficient (Wildman–Crippen LogP) is 6.12. The van der Waals surface area contributed by atoms with Gasteiger partial charge in [0.25, 0.3) is 11.5 Å².